The fourth-order valence-electron chi connectivity index (χ4n) is 8.11. The van der Waals surface area contributed by atoms with Crippen molar-refractivity contribution >= 4 is 20.1 Å². The molecule has 1 aliphatic heterocycles. The fourth-order valence-corrected chi connectivity index (χ4v) is 9.23. The zero-order valence-electron chi connectivity index (χ0n) is 23.0. The van der Waals surface area contributed by atoms with E-state index in [9.17, 15) is 19.8 Å². The summed E-state index contributed by atoms with van der Waals surface area (Å²) in [5.74, 6) is -1.89. The van der Waals surface area contributed by atoms with Crippen molar-refractivity contribution < 1.29 is 33.7 Å². The van der Waals surface area contributed by atoms with Crippen LogP contribution in [0.4, 0.5) is 0 Å². The first-order valence-corrected chi connectivity index (χ1v) is 16.4. The number of rotatable bonds is 3. The summed E-state index contributed by atoms with van der Waals surface area (Å²) in [5.41, 5.74) is -2.82. The van der Waals surface area contributed by atoms with Crippen molar-refractivity contribution in [3.8, 4) is 0 Å². The van der Waals surface area contributed by atoms with E-state index in [1.807, 2.05) is 41.5 Å². The molecule has 0 amide bonds. The Balaban J connectivity index is 1.99. The molecule has 3 aliphatic carbocycles. The van der Waals surface area contributed by atoms with E-state index in [0.29, 0.717) is 6.42 Å². The summed E-state index contributed by atoms with van der Waals surface area (Å²) >= 11 is 0. The summed E-state index contributed by atoms with van der Waals surface area (Å²) in [6.07, 6.45) is -1.39. The summed E-state index contributed by atoms with van der Waals surface area (Å²) < 4.78 is 18.4. The molecule has 9 atom stereocenters. The second kappa shape index (κ2) is 7.97. The van der Waals surface area contributed by atoms with Crippen molar-refractivity contribution in [2.24, 2.45) is 28.6 Å². The standard InChI is InChI=1S/C27H44O7Si/c1-14-11-19-26(13-32-19,33-17(4)28)21-23(30)27(31)12-18(34-35(8,9)10)15(2)20(24(27,5)6)16(3)22(29)25(14,21)7/h14,16,18-19,21,23,30-31H,11-13H2,1-10H3/t14-,16+,18-,19+,21?,23?,25+,26-,27+/m0/s1. The SMILES string of the molecule is CC(=O)O[C@@]12CO[C@@H]1C[C@H](C)[C@@]1(C)C(=O)[C@H](C)C3=C(C)[C@@H](O[Si](C)(C)C)C[C@@](O)(C(O)C12)C3(C)C. The smallest absolute Gasteiger partial charge is 0.303 e. The van der Waals surface area contributed by atoms with Crippen molar-refractivity contribution in [2.45, 2.75) is 110 Å². The fraction of sp³-hybridized carbons (Fsp3) is 0.852. The van der Waals surface area contributed by atoms with Gasteiger partial charge in [-0.1, -0.05) is 34.6 Å². The number of ketones is 1. The molecule has 2 saturated carbocycles. The molecule has 1 heterocycles. The maximum absolute atomic E-state index is 14.5. The highest BCUT2D eigenvalue weighted by atomic mass is 28.4. The molecular formula is C27H44O7Si. The molecular weight excluding hydrogens is 464 g/mol. The molecule has 2 bridgehead atoms. The molecule has 1 saturated heterocycles. The Morgan fingerprint density at radius 3 is 2.26 bits per heavy atom. The summed E-state index contributed by atoms with van der Waals surface area (Å²) in [4.78, 5) is 26.8. The number of ether oxygens (including phenoxy) is 2. The summed E-state index contributed by atoms with van der Waals surface area (Å²) in [6, 6.07) is 0. The second-order valence-corrected chi connectivity index (χ2v) is 17.8. The first-order valence-electron chi connectivity index (χ1n) is 13.0. The van der Waals surface area contributed by atoms with Crippen LogP contribution in [0.3, 0.4) is 0 Å². The van der Waals surface area contributed by atoms with Gasteiger partial charge in [0.2, 0.25) is 0 Å². The number of carbonyl (C=O) groups is 2. The summed E-state index contributed by atoms with van der Waals surface area (Å²) in [7, 11) is -2.02. The maximum Gasteiger partial charge on any atom is 0.303 e. The normalized spacial score (nSPS) is 47.1. The maximum atomic E-state index is 14.5. The molecule has 35 heavy (non-hydrogen) atoms. The highest BCUT2D eigenvalue weighted by molar-refractivity contribution is 6.69. The molecule has 198 valence electrons. The van der Waals surface area contributed by atoms with Crippen LogP contribution in [0.15, 0.2) is 11.1 Å². The minimum absolute atomic E-state index is 0.0176. The van der Waals surface area contributed by atoms with Gasteiger partial charge in [-0.2, -0.15) is 0 Å². The highest BCUT2D eigenvalue weighted by Gasteiger charge is 2.75. The number of aliphatic hydroxyl groups is 2. The third kappa shape index (κ3) is 3.50. The second-order valence-electron chi connectivity index (χ2n) is 13.3. The van der Waals surface area contributed by atoms with Gasteiger partial charge in [0.05, 0.1) is 18.8 Å². The molecule has 0 aromatic heterocycles. The Kier molecular flexibility index (Phi) is 6.14. The minimum Gasteiger partial charge on any atom is -0.454 e. The zero-order chi connectivity index (χ0) is 26.5. The molecule has 0 radical (unpaired) electrons. The average molecular weight is 509 g/mol. The lowest BCUT2D eigenvalue weighted by Gasteiger charge is -2.68. The van der Waals surface area contributed by atoms with Crippen molar-refractivity contribution in [1.29, 1.82) is 0 Å². The van der Waals surface area contributed by atoms with Crippen LogP contribution in [0.25, 0.3) is 0 Å². The predicted octanol–water partition coefficient (Wildman–Crippen LogP) is 3.63. The lowest BCUT2D eigenvalue weighted by Crippen LogP contribution is -2.80. The van der Waals surface area contributed by atoms with Gasteiger partial charge in [0.1, 0.15) is 17.5 Å². The molecule has 4 aliphatic rings. The topological polar surface area (TPSA) is 102 Å². The van der Waals surface area contributed by atoms with Gasteiger partial charge >= 0.3 is 5.97 Å². The van der Waals surface area contributed by atoms with Gasteiger partial charge in [0.25, 0.3) is 0 Å². The van der Waals surface area contributed by atoms with E-state index in [1.165, 1.54) is 6.92 Å². The predicted molar refractivity (Wildman–Crippen MR) is 134 cm³/mol. The molecule has 4 rings (SSSR count). The first kappa shape index (κ1) is 27.0. The van der Waals surface area contributed by atoms with Crippen molar-refractivity contribution in [3.63, 3.8) is 0 Å². The summed E-state index contributed by atoms with van der Waals surface area (Å²) in [6.45, 7) is 19.4. The lowest BCUT2D eigenvalue weighted by atomic mass is 9.42. The Labute approximate surface area is 210 Å². The van der Waals surface area contributed by atoms with Crippen molar-refractivity contribution in [3.05, 3.63) is 11.1 Å². The van der Waals surface area contributed by atoms with Crippen LogP contribution in [0.5, 0.6) is 0 Å². The molecule has 0 aromatic rings. The molecule has 0 aromatic carbocycles. The van der Waals surface area contributed by atoms with Crippen LogP contribution in [0.2, 0.25) is 19.6 Å². The van der Waals surface area contributed by atoms with Crippen LogP contribution >= 0.6 is 0 Å². The summed E-state index contributed by atoms with van der Waals surface area (Å²) in [5, 5.41) is 24.9. The molecule has 0 spiro atoms. The van der Waals surface area contributed by atoms with E-state index in [1.54, 1.807) is 0 Å². The van der Waals surface area contributed by atoms with Crippen molar-refractivity contribution in [2.75, 3.05) is 6.61 Å². The van der Waals surface area contributed by atoms with Gasteiger partial charge in [-0.05, 0) is 50.0 Å². The number of aliphatic hydroxyl groups excluding tert-OH is 1. The van der Waals surface area contributed by atoms with Gasteiger partial charge in [0.15, 0.2) is 13.9 Å². The first-order chi connectivity index (χ1) is 15.8. The van der Waals surface area contributed by atoms with Crippen LogP contribution in [0, 0.1) is 28.6 Å². The Morgan fingerprint density at radius 2 is 1.77 bits per heavy atom. The molecule has 3 fully saturated rings. The third-order valence-electron chi connectivity index (χ3n) is 9.97. The van der Waals surface area contributed by atoms with E-state index in [0.717, 1.165) is 11.1 Å². The van der Waals surface area contributed by atoms with Crippen molar-refractivity contribution in [1.82, 2.24) is 0 Å². The van der Waals surface area contributed by atoms with E-state index in [4.69, 9.17) is 13.9 Å². The number of carbonyl (C=O) groups excluding carboxylic acids is 2. The zero-order valence-corrected chi connectivity index (χ0v) is 24.0. The van der Waals surface area contributed by atoms with Gasteiger partial charge in [-0.25, -0.2) is 0 Å². The van der Waals surface area contributed by atoms with Gasteiger partial charge in [-0.15, -0.1) is 0 Å². The van der Waals surface area contributed by atoms with Crippen LogP contribution in [0.1, 0.15) is 61.3 Å². The average Bonchev–Trinajstić information content (AvgIpc) is 2.70. The highest BCUT2D eigenvalue weighted by Crippen LogP contribution is 2.65. The molecule has 2 N–H and O–H groups in total. The van der Waals surface area contributed by atoms with Crippen LogP contribution in [-0.2, 0) is 23.5 Å². The molecule has 7 nitrogen and oxygen atoms in total. The minimum atomic E-state index is -2.02. The van der Waals surface area contributed by atoms with E-state index < -0.39 is 66.5 Å². The number of fused-ring (bicyclic) bond motifs is 5. The quantitative estimate of drug-likeness (QED) is 0.341. The van der Waals surface area contributed by atoms with E-state index in [2.05, 4.69) is 19.6 Å². The van der Waals surface area contributed by atoms with Gasteiger partial charge in [0, 0.05) is 36.0 Å². The lowest BCUT2D eigenvalue weighted by molar-refractivity contribution is -0.340. The Bertz CT molecular complexity index is 967. The Morgan fingerprint density at radius 1 is 1.17 bits per heavy atom. The Hall–Kier alpha value is -1.06. The third-order valence-corrected chi connectivity index (χ3v) is 11.0. The number of Topliss-reactive ketones (excluding diaryl/α,β-unsaturated/α-hetero) is 1. The van der Waals surface area contributed by atoms with Crippen LogP contribution < -0.4 is 0 Å². The number of esters is 1. The van der Waals surface area contributed by atoms with Gasteiger partial charge in [-0.3, -0.25) is 9.59 Å². The van der Waals surface area contributed by atoms with E-state index >= 15 is 0 Å². The van der Waals surface area contributed by atoms with Crippen LogP contribution in [-0.4, -0.2) is 66.4 Å². The van der Waals surface area contributed by atoms with E-state index in [-0.39, 0.29) is 24.7 Å². The number of hydrogen-bond donors (Lipinski definition) is 2. The monoisotopic (exact) mass is 508 g/mol. The molecule has 2 unspecified atom stereocenters. The largest absolute Gasteiger partial charge is 0.454 e. The number of hydrogen-bond acceptors (Lipinski definition) is 7. The van der Waals surface area contributed by atoms with Gasteiger partial charge < -0.3 is 24.1 Å². The molecule has 8 heteroatoms.